The van der Waals surface area contributed by atoms with Crippen molar-refractivity contribution in [2.75, 3.05) is 32.8 Å². The maximum absolute atomic E-state index is 12.9. The smallest absolute Gasteiger partial charge is 0.320 e. The van der Waals surface area contributed by atoms with Crippen LogP contribution in [0.5, 0.6) is 0 Å². The third-order valence-corrected chi connectivity index (χ3v) is 7.73. The minimum absolute atomic E-state index is 0.0102. The first-order valence-electron chi connectivity index (χ1n) is 11.7. The van der Waals surface area contributed by atoms with Crippen LogP contribution in [0.3, 0.4) is 0 Å². The first-order valence-corrected chi connectivity index (χ1v) is 11.7. The number of carbonyl (C=O) groups is 1. The highest BCUT2D eigenvalue weighted by atomic mass is 16.3. The highest BCUT2D eigenvalue weighted by molar-refractivity contribution is 6.00. The van der Waals surface area contributed by atoms with Gasteiger partial charge in [-0.1, -0.05) is 24.3 Å². The monoisotopic (exact) mass is 423 g/mol. The fourth-order valence-electron chi connectivity index (χ4n) is 4.92. The normalized spacial score (nSPS) is 23.3. The van der Waals surface area contributed by atoms with E-state index in [2.05, 4.69) is 29.6 Å². The number of nitrogens with one attached hydrogen (secondary N) is 3. The van der Waals surface area contributed by atoms with E-state index in [0.29, 0.717) is 36.6 Å². The van der Waals surface area contributed by atoms with Crippen molar-refractivity contribution >= 4 is 17.7 Å². The van der Waals surface area contributed by atoms with Gasteiger partial charge in [-0.15, -0.1) is 0 Å². The second-order valence-corrected chi connectivity index (χ2v) is 9.93. The number of benzene rings is 1. The van der Waals surface area contributed by atoms with Crippen molar-refractivity contribution < 1.29 is 9.90 Å². The van der Waals surface area contributed by atoms with Crippen molar-refractivity contribution in [2.45, 2.75) is 49.9 Å². The summed E-state index contributed by atoms with van der Waals surface area (Å²) in [6, 6.07) is 8.76. The quantitative estimate of drug-likeness (QED) is 0.432. The van der Waals surface area contributed by atoms with Crippen molar-refractivity contribution in [3.63, 3.8) is 0 Å². The summed E-state index contributed by atoms with van der Waals surface area (Å²) in [6.45, 7) is 3.12. The van der Waals surface area contributed by atoms with Gasteiger partial charge in [0, 0.05) is 49.3 Å². The Morgan fingerprint density at radius 2 is 1.55 bits per heavy atom. The molecule has 166 valence electrons. The number of hydrogen-bond acceptors (Lipinski definition) is 4. The Balaban J connectivity index is 1.07. The van der Waals surface area contributed by atoms with Gasteiger partial charge >= 0.3 is 6.03 Å². The lowest BCUT2D eigenvalue weighted by atomic mass is 9.88. The summed E-state index contributed by atoms with van der Waals surface area (Å²) < 4.78 is 0. The topological polar surface area (TPSA) is 104 Å². The molecular weight excluding hydrogens is 390 g/mol. The van der Waals surface area contributed by atoms with Gasteiger partial charge in [-0.05, 0) is 49.7 Å². The van der Waals surface area contributed by atoms with Gasteiger partial charge < -0.3 is 20.2 Å². The molecule has 0 unspecified atom stereocenters. The summed E-state index contributed by atoms with van der Waals surface area (Å²) in [4.78, 5) is 16.7. The highest BCUT2D eigenvalue weighted by Gasteiger charge is 2.44. The summed E-state index contributed by atoms with van der Waals surface area (Å²) in [5.41, 5.74) is 2.52. The molecule has 4 N–H and O–H groups in total. The van der Waals surface area contributed by atoms with Crippen LogP contribution in [0.25, 0.3) is 0 Å². The molecule has 2 saturated carbocycles. The zero-order chi connectivity index (χ0) is 21.6. The van der Waals surface area contributed by atoms with Crippen LogP contribution >= 0.6 is 0 Å². The largest absolute Gasteiger partial charge is 0.395 e. The second-order valence-electron chi connectivity index (χ2n) is 9.93. The molecule has 0 spiro atoms. The highest BCUT2D eigenvalue weighted by Crippen LogP contribution is 2.47. The van der Waals surface area contributed by atoms with E-state index in [1.165, 1.54) is 11.1 Å². The Morgan fingerprint density at radius 3 is 2.06 bits per heavy atom. The number of amidine groups is 2. The zero-order valence-electron chi connectivity index (χ0n) is 18.1. The first-order chi connectivity index (χ1) is 15.0. The van der Waals surface area contributed by atoms with Crippen molar-refractivity contribution in [1.82, 2.24) is 15.1 Å². The van der Waals surface area contributed by atoms with Gasteiger partial charge in [-0.2, -0.15) is 0 Å². The Bertz CT molecular complexity index is 860. The average Bonchev–Trinajstić information content (AvgIpc) is 3.67. The molecule has 5 rings (SSSR count). The van der Waals surface area contributed by atoms with E-state index in [4.69, 9.17) is 10.8 Å². The van der Waals surface area contributed by atoms with E-state index >= 15 is 0 Å². The van der Waals surface area contributed by atoms with Crippen molar-refractivity contribution in [1.29, 1.82) is 10.8 Å². The fraction of sp³-hybridized carbons (Fsp3) is 0.625. The summed E-state index contributed by atoms with van der Waals surface area (Å²) in [6.07, 6.45) is 5.86. The summed E-state index contributed by atoms with van der Waals surface area (Å²) in [5.74, 6) is 1.80. The summed E-state index contributed by atoms with van der Waals surface area (Å²) >= 11 is 0. The van der Waals surface area contributed by atoms with Crippen LogP contribution < -0.4 is 5.32 Å². The van der Waals surface area contributed by atoms with Gasteiger partial charge in [-0.3, -0.25) is 10.8 Å². The van der Waals surface area contributed by atoms with Crippen LogP contribution in [0.1, 0.15) is 55.6 Å². The van der Waals surface area contributed by atoms with E-state index in [1.807, 2.05) is 9.80 Å². The molecule has 2 aliphatic heterocycles. The number of carbonyl (C=O) groups excluding carboxylic acids is 1. The Hall–Kier alpha value is -2.41. The molecule has 0 aromatic heterocycles. The number of urea groups is 1. The lowest BCUT2D eigenvalue weighted by Crippen LogP contribution is -2.55. The van der Waals surface area contributed by atoms with Crippen molar-refractivity contribution in [3.05, 3.63) is 35.4 Å². The van der Waals surface area contributed by atoms with Gasteiger partial charge in [0.15, 0.2) is 0 Å². The number of aliphatic hydroxyl groups excluding tert-OH is 1. The Kier molecular flexibility index (Phi) is 5.24. The van der Waals surface area contributed by atoms with Crippen LogP contribution in [0.2, 0.25) is 0 Å². The molecular formula is C24H33N5O2. The van der Waals surface area contributed by atoms with Gasteiger partial charge in [-0.25, -0.2) is 4.79 Å². The second kappa shape index (κ2) is 7.93. The average molecular weight is 424 g/mol. The predicted octanol–water partition coefficient (Wildman–Crippen LogP) is 2.90. The summed E-state index contributed by atoms with van der Waals surface area (Å²) in [5, 5.41) is 28.8. The minimum Gasteiger partial charge on any atom is -0.395 e. The van der Waals surface area contributed by atoms with Crippen LogP contribution in [-0.4, -0.2) is 65.4 Å². The van der Waals surface area contributed by atoms with Crippen molar-refractivity contribution in [3.8, 4) is 0 Å². The molecule has 0 radical (unpaired) electrons. The number of piperidine rings is 1. The molecule has 2 heterocycles. The standard InChI is InChI=1S/C24H33N5O2/c25-21(17-1-2-17)27-22(26)18-7-11-28(12-8-18)23(31)29-13-19(14-29)16-3-5-20(6-4-16)24(15-30)9-10-24/h3-6,17-19,30H,1-2,7-15H2,(H3,25,26,27). The van der Waals surface area contributed by atoms with Gasteiger partial charge in [0.25, 0.3) is 0 Å². The molecule has 1 aromatic carbocycles. The summed E-state index contributed by atoms with van der Waals surface area (Å²) in [7, 11) is 0. The predicted molar refractivity (Wildman–Crippen MR) is 120 cm³/mol. The number of rotatable bonds is 5. The molecule has 2 aliphatic carbocycles. The molecule has 4 aliphatic rings. The van der Waals surface area contributed by atoms with Crippen LogP contribution in [0, 0.1) is 22.7 Å². The van der Waals surface area contributed by atoms with Crippen molar-refractivity contribution in [2.24, 2.45) is 11.8 Å². The molecule has 7 nitrogen and oxygen atoms in total. The molecule has 1 aromatic rings. The van der Waals surface area contributed by atoms with Gasteiger partial charge in [0.2, 0.25) is 0 Å². The number of likely N-dealkylation sites (tertiary alicyclic amines) is 2. The van der Waals surface area contributed by atoms with Crippen LogP contribution in [0.4, 0.5) is 4.79 Å². The minimum atomic E-state index is 0.0102. The molecule has 2 saturated heterocycles. The molecule has 0 atom stereocenters. The van der Waals surface area contributed by atoms with Crippen LogP contribution in [0.15, 0.2) is 24.3 Å². The first kappa shape index (κ1) is 20.5. The third-order valence-electron chi connectivity index (χ3n) is 7.73. The van der Waals surface area contributed by atoms with Crippen LogP contribution in [-0.2, 0) is 5.41 Å². The Morgan fingerprint density at radius 1 is 0.968 bits per heavy atom. The van der Waals surface area contributed by atoms with E-state index in [9.17, 15) is 9.90 Å². The van der Waals surface area contributed by atoms with E-state index in [0.717, 1.165) is 51.6 Å². The zero-order valence-corrected chi connectivity index (χ0v) is 18.1. The lowest BCUT2D eigenvalue weighted by molar-refractivity contribution is 0.104. The van der Waals surface area contributed by atoms with E-state index < -0.39 is 0 Å². The van der Waals surface area contributed by atoms with Gasteiger partial charge in [0.05, 0.1) is 6.61 Å². The van der Waals surface area contributed by atoms with Gasteiger partial charge in [0.1, 0.15) is 11.7 Å². The number of aliphatic hydroxyl groups is 1. The van der Waals surface area contributed by atoms with E-state index in [-0.39, 0.29) is 24.0 Å². The number of nitrogens with zero attached hydrogens (tertiary/aromatic N) is 2. The molecule has 0 bridgehead atoms. The molecule has 7 heteroatoms. The number of hydrogen-bond donors (Lipinski definition) is 4. The lowest BCUT2D eigenvalue weighted by Gasteiger charge is -2.43. The fourth-order valence-corrected chi connectivity index (χ4v) is 4.92. The third kappa shape index (κ3) is 4.07. The molecule has 31 heavy (non-hydrogen) atoms. The maximum atomic E-state index is 12.9. The van der Waals surface area contributed by atoms with E-state index in [1.54, 1.807) is 0 Å². The molecule has 4 fully saturated rings. The Labute approximate surface area is 183 Å². The molecule has 2 amide bonds. The SMILES string of the molecule is N=C(NC(=N)C1CCN(C(=O)N2CC(c3ccc(C4(CO)CC4)cc3)C2)CC1)C1CC1. The number of amides is 2. The maximum Gasteiger partial charge on any atom is 0.320 e.